The van der Waals surface area contributed by atoms with Crippen molar-refractivity contribution in [3.8, 4) is 0 Å². The van der Waals surface area contributed by atoms with Crippen LogP contribution in [0.4, 0.5) is 10.1 Å². The van der Waals surface area contributed by atoms with Gasteiger partial charge < -0.3 is 15.7 Å². The van der Waals surface area contributed by atoms with E-state index >= 15 is 0 Å². The first-order valence-electron chi connectivity index (χ1n) is 7.05. The van der Waals surface area contributed by atoms with E-state index in [1.54, 1.807) is 24.8 Å². The number of nitrogens with two attached hydrogens (primary N) is 1. The molecule has 0 aromatic heterocycles. The van der Waals surface area contributed by atoms with E-state index in [4.69, 9.17) is 5.73 Å². The van der Waals surface area contributed by atoms with Gasteiger partial charge in [0.2, 0.25) is 0 Å². The zero-order chi connectivity index (χ0) is 15.6. The van der Waals surface area contributed by atoms with Gasteiger partial charge in [0, 0.05) is 38.3 Å². The van der Waals surface area contributed by atoms with Gasteiger partial charge >= 0.3 is 0 Å². The lowest BCUT2D eigenvalue weighted by Crippen LogP contribution is -2.52. The summed E-state index contributed by atoms with van der Waals surface area (Å²) in [6.45, 7) is 6.65. The standard InChI is InChI=1S/C15H22FN3O2/c1-15(2,21)10-18-5-7-19(8-6-18)14(20)11-3-4-13(17)12(16)9-11/h3-4,9,21H,5-8,10,17H2,1-2H3. The lowest BCUT2D eigenvalue weighted by atomic mass is 10.1. The zero-order valence-corrected chi connectivity index (χ0v) is 12.5. The summed E-state index contributed by atoms with van der Waals surface area (Å²) in [6, 6.07) is 4.14. The molecule has 1 aliphatic heterocycles. The van der Waals surface area contributed by atoms with Crippen LogP contribution < -0.4 is 5.73 Å². The van der Waals surface area contributed by atoms with Crippen molar-refractivity contribution >= 4 is 11.6 Å². The van der Waals surface area contributed by atoms with Crippen molar-refractivity contribution in [3.63, 3.8) is 0 Å². The van der Waals surface area contributed by atoms with Crippen LogP contribution in [0.5, 0.6) is 0 Å². The molecule has 0 unspecified atom stereocenters. The fourth-order valence-corrected chi connectivity index (χ4v) is 2.50. The normalized spacial score (nSPS) is 17.0. The minimum absolute atomic E-state index is 0.0431. The van der Waals surface area contributed by atoms with Gasteiger partial charge in [-0.05, 0) is 32.0 Å². The molecule has 1 aliphatic rings. The van der Waals surface area contributed by atoms with Crippen LogP contribution in [0, 0.1) is 5.82 Å². The molecule has 3 N–H and O–H groups in total. The number of aliphatic hydroxyl groups is 1. The summed E-state index contributed by atoms with van der Waals surface area (Å²) in [6.07, 6.45) is 0. The van der Waals surface area contributed by atoms with Crippen LogP contribution in [0.25, 0.3) is 0 Å². The number of nitrogen functional groups attached to an aromatic ring is 1. The van der Waals surface area contributed by atoms with Crippen LogP contribution in [0.1, 0.15) is 24.2 Å². The number of hydrogen-bond donors (Lipinski definition) is 2. The smallest absolute Gasteiger partial charge is 0.254 e. The zero-order valence-electron chi connectivity index (χ0n) is 12.5. The number of benzene rings is 1. The minimum atomic E-state index is -0.744. The number of hydrogen-bond acceptors (Lipinski definition) is 4. The third kappa shape index (κ3) is 4.15. The molecule has 0 saturated carbocycles. The molecule has 2 rings (SSSR count). The first-order chi connectivity index (χ1) is 9.76. The Kier molecular flexibility index (Phi) is 4.49. The monoisotopic (exact) mass is 295 g/mol. The fourth-order valence-electron chi connectivity index (χ4n) is 2.50. The maximum Gasteiger partial charge on any atom is 0.254 e. The summed E-state index contributed by atoms with van der Waals surface area (Å²) in [5.74, 6) is -0.752. The molecule has 116 valence electrons. The molecule has 1 aromatic carbocycles. The number of halogens is 1. The second kappa shape index (κ2) is 5.99. The largest absolute Gasteiger partial charge is 0.396 e. The lowest BCUT2D eigenvalue weighted by molar-refractivity contribution is 0.0178. The van der Waals surface area contributed by atoms with E-state index in [0.717, 1.165) is 0 Å². The van der Waals surface area contributed by atoms with E-state index in [1.807, 2.05) is 0 Å². The van der Waals surface area contributed by atoms with Crippen LogP contribution >= 0.6 is 0 Å². The Labute approximate surface area is 124 Å². The van der Waals surface area contributed by atoms with E-state index in [2.05, 4.69) is 4.90 Å². The number of β-amino-alcohol motifs (C(OH)–C–C–N with tert-alkyl or cyclic N) is 1. The number of carbonyl (C=O) groups excluding carboxylic acids is 1. The van der Waals surface area contributed by atoms with Gasteiger partial charge in [0.25, 0.3) is 5.91 Å². The van der Waals surface area contributed by atoms with Crippen molar-refractivity contribution < 1.29 is 14.3 Å². The predicted octanol–water partition coefficient (Wildman–Crippen LogP) is 0.937. The van der Waals surface area contributed by atoms with E-state index < -0.39 is 11.4 Å². The summed E-state index contributed by atoms with van der Waals surface area (Å²) in [5, 5.41) is 9.80. The third-order valence-corrected chi connectivity index (χ3v) is 3.52. The van der Waals surface area contributed by atoms with E-state index in [-0.39, 0.29) is 11.6 Å². The number of nitrogens with zero attached hydrogens (tertiary/aromatic N) is 2. The maximum atomic E-state index is 13.4. The Morgan fingerprint density at radius 3 is 2.48 bits per heavy atom. The highest BCUT2D eigenvalue weighted by atomic mass is 19.1. The fraction of sp³-hybridized carbons (Fsp3) is 0.533. The molecule has 0 radical (unpaired) electrons. The molecule has 5 nitrogen and oxygen atoms in total. The van der Waals surface area contributed by atoms with Crippen molar-refractivity contribution in [2.24, 2.45) is 0 Å². The minimum Gasteiger partial charge on any atom is -0.396 e. The Balaban J connectivity index is 1.95. The highest BCUT2D eigenvalue weighted by molar-refractivity contribution is 5.94. The molecule has 1 amide bonds. The molecule has 1 saturated heterocycles. The Morgan fingerprint density at radius 1 is 1.33 bits per heavy atom. The average molecular weight is 295 g/mol. The van der Waals surface area contributed by atoms with E-state index in [1.165, 1.54) is 12.1 Å². The number of carbonyl (C=O) groups is 1. The van der Waals surface area contributed by atoms with Crippen LogP contribution in [0.2, 0.25) is 0 Å². The molecule has 6 heteroatoms. The predicted molar refractivity (Wildman–Crippen MR) is 79.5 cm³/mol. The van der Waals surface area contributed by atoms with Crippen LogP contribution in [0.15, 0.2) is 18.2 Å². The molecule has 0 atom stereocenters. The Bertz CT molecular complexity index is 520. The average Bonchev–Trinajstić information content (AvgIpc) is 2.40. The van der Waals surface area contributed by atoms with Crippen molar-refractivity contribution in [3.05, 3.63) is 29.6 Å². The van der Waals surface area contributed by atoms with E-state index in [0.29, 0.717) is 38.3 Å². The first kappa shape index (κ1) is 15.7. The molecule has 1 aromatic rings. The van der Waals surface area contributed by atoms with Crippen LogP contribution in [-0.2, 0) is 0 Å². The van der Waals surface area contributed by atoms with Gasteiger partial charge in [0.05, 0.1) is 11.3 Å². The summed E-state index contributed by atoms with van der Waals surface area (Å²) in [5.41, 5.74) is 5.03. The SMILES string of the molecule is CC(C)(O)CN1CCN(C(=O)c2ccc(N)c(F)c2)CC1. The summed E-state index contributed by atoms with van der Waals surface area (Å²) >= 11 is 0. The second-order valence-corrected chi connectivity index (χ2v) is 6.12. The van der Waals surface area contributed by atoms with Crippen molar-refractivity contribution in [2.75, 3.05) is 38.5 Å². The van der Waals surface area contributed by atoms with Gasteiger partial charge in [-0.3, -0.25) is 9.69 Å². The summed E-state index contributed by atoms with van der Waals surface area (Å²) < 4.78 is 13.4. The molecule has 21 heavy (non-hydrogen) atoms. The first-order valence-corrected chi connectivity index (χ1v) is 7.05. The topological polar surface area (TPSA) is 69.8 Å². The Morgan fingerprint density at radius 2 is 1.95 bits per heavy atom. The van der Waals surface area contributed by atoms with Crippen molar-refractivity contribution in [1.29, 1.82) is 0 Å². The molecule has 0 bridgehead atoms. The van der Waals surface area contributed by atoms with Gasteiger partial charge in [-0.1, -0.05) is 0 Å². The van der Waals surface area contributed by atoms with Gasteiger partial charge in [-0.2, -0.15) is 0 Å². The molecule has 1 fully saturated rings. The maximum absolute atomic E-state index is 13.4. The molecular formula is C15H22FN3O2. The lowest BCUT2D eigenvalue weighted by Gasteiger charge is -2.37. The number of amides is 1. The molecule has 0 spiro atoms. The number of rotatable bonds is 3. The summed E-state index contributed by atoms with van der Waals surface area (Å²) in [7, 11) is 0. The highest BCUT2D eigenvalue weighted by Crippen LogP contribution is 2.15. The van der Waals surface area contributed by atoms with Gasteiger partial charge in [0.15, 0.2) is 0 Å². The third-order valence-electron chi connectivity index (χ3n) is 3.52. The molecular weight excluding hydrogens is 273 g/mol. The van der Waals surface area contributed by atoms with Crippen LogP contribution in [-0.4, -0.2) is 59.1 Å². The Hall–Kier alpha value is -1.66. The number of piperazine rings is 1. The van der Waals surface area contributed by atoms with Crippen molar-refractivity contribution in [1.82, 2.24) is 9.80 Å². The highest BCUT2D eigenvalue weighted by Gasteiger charge is 2.25. The van der Waals surface area contributed by atoms with Crippen molar-refractivity contribution in [2.45, 2.75) is 19.4 Å². The quantitative estimate of drug-likeness (QED) is 0.814. The van der Waals surface area contributed by atoms with Gasteiger partial charge in [-0.15, -0.1) is 0 Å². The molecule has 1 heterocycles. The van der Waals surface area contributed by atoms with Gasteiger partial charge in [-0.25, -0.2) is 4.39 Å². The number of anilines is 1. The second-order valence-electron chi connectivity index (χ2n) is 6.12. The van der Waals surface area contributed by atoms with Crippen LogP contribution in [0.3, 0.4) is 0 Å². The van der Waals surface area contributed by atoms with E-state index in [9.17, 15) is 14.3 Å². The summed E-state index contributed by atoms with van der Waals surface area (Å²) in [4.78, 5) is 16.1. The molecule has 0 aliphatic carbocycles. The van der Waals surface area contributed by atoms with Gasteiger partial charge in [0.1, 0.15) is 5.82 Å².